The summed E-state index contributed by atoms with van der Waals surface area (Å²) in [6.07, 6.45) is 2.39. The van der Waals surface area contributed by atoms with E-state index in [4.69, 9.17) is 4.74 Å². The minimum absolute atomic E-state index is 0.00406. The average molecular weight is 349 g/mol. The smallest absolute Gasteiger partial charge is 0.317 e. The molecule has 2 saturated heterocycles. The number of likely N-dealkylation sites (tertiary alicyclic amines) is 2. The van der Waals surface area contributed by atoms with E-state index in [2.05, 4.69) is 17.1 Å². The van der Waals surface area contributed by atoms with E-state index in [0.717, 1.165) is 19.6 Å². The third-order valence-electron chi connectivity index (χ3n) is 5.16. The molecule has 0 aromatic heterocycles. The molecule has 0 spiro atoms. The lowest BCUT2D eigenvalue weighted by molar-refractivity contribution is -0.0451. The van der Waals surface area contributed by atoms with Crippen LogP contribution in [0.2, 0.25) is 0 Å². The van der Waals surface area contributed by atoms with Crippen molar-refractivity contribution in [1.82, 2.24) is 15.1 Å². The Balaban J connectivity index is 1.32. The highest BCUT2D eigenvalue weighted by Gasteiger charge is 2.31. The topological polar surface area (TPSA) is 44.8 Å². The van der Waals surface area contributed by atoms with Crippen molar-refractivity contribution in [2.45, 2.75) is 32.5 Å². The maximum atomic E-state index is 13.5. The number of piperidine rings is 1. The highest BCUT2D eigenvalue weighted by molar-refractivity contribution is 5.75. The summed E-state index contributed by atoms with van der Waals surface area (Å²) in [5, 5.41) is 3.05. The van der Waals surface area contributed by atoms with E-state index < -0.39 is 0 Å². The second kappa shape index (κ2) is 8.63. The van der Waals surface area contributed by atoms with Crippen molar-refractivity contribution in [2.75, 3.05) is 39.3 Å². The van der Waals surface area contributed by atoms with Crippen molar-refractivity contribution in [2.24, 2.45) is 5.92 Å². The third-order valence-corrected chi connectivity index (χ3v) is 5.16. The summed E-state index contributed by atoms with van der Waals surface area (Å²) >= 11 is 0. The quantitative estimate of drug-likeness (QED) is 0.858. The van der Waals surface area contributed by atoms with Crippen LogP contribution in [0.25, 0.3) is 0 Å². The molecule has 1 aromatic rings. The number of hydrogen-bond donors (Lipinski definition) is 1. The Kier molecular flexibility index (Phi) is 6.26. The molecule has 0 bridgehead atoms. The Morgan fingerprint density at radius 3 is 2.88 bits per heavy atom. The molecule has 138 valence electrons. The van der Waals surface area contributed by atoms with Crippen LogP contribution in [0, 0.1) is 11.7 Å². The summed E-state index contributed by atoms with van der Waals surface area (Å²) in [4.78, 5) is 16.4. The van der Waals surface area contributed by atoms with Crippen LogP contribution >= 0.6 is 0 Å². The van der Waals surface area contributed by atoms with Crippen LogP contribution in [0.15, 0.2) is 24.3 Å². The maximum Gasteiger partial charge on any atom is 0.317 e. The van der Waals surface area contributed by atoms with Gasteiger partial charge in [-0.3, -0.25) is 0 Å². The molecule has 3 rings (SSSR count). The zero-order valence-electron chi connectivity index (χ0n) is 14.9. The van der Waals surface area contributed by atoms with Gasteiger partial charge in [0.05, 0.1) is 25.8 Å². The molecule has 1 atom stereocenters. The second-order valence-corrected chi connectivity index (χ2v) is 7.02. The van der Waals surface area contributed by atoms with E-state index in [-0.39, 0.29) is 24.6 Å². The summed E-state index contributed by atoms with van der Waals surface area (Å²) in [6.45, 7) is 7.66. The number of urea groups is 1. The molecule has 0 aliphatic carbocycles. The number of halogens is 1. The molecule has 0 saturated carbocycles. The number of hydrogen-bond acceptors (Lipinski definition) is 3. The fraction of sp³-hybridized carbons (Fsp3) is 0.632. The van der Waals surface area contributed by atoms with Crippen molar-refractivity contribution in [3.8, 4) is 0 Å². The maximum absolute atomic E-state index is 13.5. The van der Waals surface area contributed by atoms with Gasteiger partial charge < -0.3 is 19.9 Å². The van der Waals surface area contributed by atoms with E-state index >= 15 is 0 Å². The molecule has 6 heteroatoms. The van der Waals surface area contributed by atoms with Gasteiger partial charge in [0, 0.05) is 18.7 Å². The van der Waals surface area contributed by atoms with Crippen LogP contribution in [0.1, 0.15) is 25.3 Å². The zero-order valence-corrected chi connectivity index (χ0v) is 14.9. The van der Waals surface area contributed by atoms with Gasteiger partial charge in [0.1, 0.15) is 5.82 Å². The zero-order chi connectivity index (χ0) is 17.6. The molecule has 25 heavy (non-hydrogen) atoms. The fourth-order valence-electron chi connectivity index (χ4n) is 3.48. The molecule has 2 aliphatic rings. The van der Waals surface area contributed by atoms with Gasteiger partial charge in [-0.2, -0.15) is 0 Å². The first-order valence-electron chi connectivity index (χ1n) is 9.26. The van der Waals surface area contributed by atoms with E-state index in [1.807, 2.05) is 0 Å². The lowest BCUT2D eigenvalue weighted by Gasteiger charge is -2.39. The minimum Gasteiger partial charge on any atom is -0.370 e. The number of rotatable bonds is 6. The van der Waals surface area contributed by atoms with Crippen molar-refractivity contribution in [1.29, 1.82) is 0 Å². The van der Waals surface area contributed by atoms with Crippen LogP contribution in [0.4, 0.5) is 9.18 Å². The summed E-state index contributed by atoms with van der Waals surface area (Å²) in [5.41, 5.74) is 0.558. The number of nitrogens with one attached hydrogen (secondary N) is 1. The van der Waals surface area contributed by atoms with Gasteiger partial charge in [0.25, 0.3) is 0 Å². The molecule has 2 heterocycles. The molecule has 1 N–H and O–H groups in total. The Bertz CT molecular complexity index is 578. The number of carbonyl (C=O) groups excluding carboxylic acids is 1. The number of carbonyl (C=O) groups is 1. The largest absolute Gasteiger partial charge is 0.370 e. The molecule has 0 radical (unpaired) electrons. The van der Waals surface area contributed by atoms with Gasteiger partial charge in [-0.05, 0) is 37.9 Å². The predicted octanol–water partition coefficient (Wildman–Crippen LogP) is 2.47. The molecule has 2 amide bonds. The first-order chi connectivity index (χ1) is 12.2. The van der Waals surface area contributed by atoms with Crippen molar-refractivity contribution < 1.29 is 13.9 Å². The fourth-order valence-corrected chi connectivity index (χ4v) is 3.48. The molecule has 2 aliphatic heterocycles. The second-order valence-electron chi connectivity index (χ2n) is 7.02. The molecule has 0 unspecified atom stereocenters. The van der Waals surface area contributed by atoms with Crippen LogP contribution in [-0.2, 0) is 11.3 Å². The lowest BCUT2D eigenvalue weighted by Crippen LogP contribution is -2.58. The van der Waals surface area contributed by atoms with E-state index in [1.165, 1.54) is 25.5 Å². The Hall–Kier alpha value is -1.66. The van der Waals surface area contributed by atoms with Crippen molar-refractivity contribution in [3.63, 3.8) is 0 Å². The van der Waals surface area contributed by atoms with Gasteiger partial charge in [-0.1, -0.05) is 25.1 Å². The van der Waals surface area contributed by atoms with Gasteiger partial charge in [-0.15, -0.1) is 0 Å². The van der Waals surface area contributed by atoms with E-state index in [1.54, 1.807) is 23.1 Å². The molecule has 2 fully saturated rings. The minimum atomic E-state index is -0.245. The highest BCUT2D eigenvalue weighted by atomic mass is 19.1. The van der Waals surface area contributed by atoms with E-state index in [0.29, 0.717) is 24.6 Å². The summed E-state index contributed by atoms with van der Waals surface area (Å²) in [6, 6.07) is 6.61. The van der Waals surface area contributed by atoms with Gasteiger partial charge in [0.2, 0.25) is 0 Å². The number of benzene rings is 1. The summed E-state index contributed by atoms with van der Waals surface area (Å²) in [7, 11) is 0. The first-order valence-corrected chi connectivity index (χ1v) is 9.26. The van der Waals surface area contributed by atoms with Crippen LogP contribution < -0.4 is 5.32 Å². The Morgan fingerprint density at radius 2 is 2.12 bits per heavy atom. The SMILES string of the molecule is CCN1CCC[C@@H](CNC(=O)N2CC(OCc3ccccc3F)C2)C1. The third kappa shape index (κ3) is 4.92. The van der Waals surface area contributed by atoms with Crippen LogP contribution in [0.5, 0.6) is 0 Å². The van der Waals surface area contributed by atoms with Crippen molar-refractivity contribution in [3.05, 3.63) is 35.6 Å². The lowest BCUT2D eigenvalue weighted by atomic mass is 9.98. The van der Waals surface area contributed by atoms with E-state index in [9.17, 15) is 9.18 Å². The van der Waals surface area contributed by atoms with Gasteiger partial charge >= 0.3 is 6.03 Å². The molecular formula is C19H28FN3O2. The molecule has 1 aromatic carbocycles. The number of nitrogens with zero attached hydrogens (tertiary/aromatic N) is 2. The first kappa shape index (κ1) is 18.1. The Morgan fingerprint density at radius 1 is 1.32 bits per heavy atom. The normalized spacial score (nSPS) is 21.8. The molecule has 5 nitrogen and oxygen atoms in total. The summed E-state index contributed by atoms with van der Waals surface area (Å²) < 4.78 is 19.2. The highest BCUT2D eigenvalue weighted by Crippen LogP contribution is 2.17. The predicted molar refractivity (Wildman–Crippen MR) is 94.8 cm³/mol. The number of amides is 2. The number of ether oxygens (including phenoxy) is 1. The van der Waals surface area contributed by atoms with Crippen LogP contribution in [0.3, 0.4) is 0 Å². The van der Waals surface area contributed by atoms with Crippen LogP contribution in [-0.4, -0.2) is 61.2 Å². The standard InChI is InChI=1S/C19H28FN3O2/c1-2-22-9-5-6-15(11-22)10-21-19(24)23-12-17(13-23)25-14-16-7-3-4-8-18(16)20/h3-4,7-8,15,17H,2,5-6,9-14H2,1H3,(H,21,24)/t15-/m0/s1. The van der Waals surface area contributed by atoms with Crippen molar-refractivity contribution >= 4 is 6.03 Å². The Labute approximate surface area is 149 Å². The monoisotopic (exact) mass is 349 g/mol. The van der Waals surface area contributed by atoms with Gasteiger partial charge in [0.15, 0.2) is 0 Å². The summed E-state index contributed by atoms with van der Waals surface area (Å²) in [5.74, 6) is 0.303. The molecular weight excluding hydrogens is 321 g/mol. The average Bonchev–Trinajstić information content (AvgIpc) is 2.60. The van der Waals surface area contributed by atoms with Gasteiger partial charge in [-0.25, -0.2) is 9.18 Å².